The molecule has 1 saturated heterocycles. The maximum atomic E-state index is 14.2. The number of carbonyl (C=O) groups excluding carboxylic acids is 1. The fourth-order valence-corrected chi connectivity index (χ4v) is 4.85. The minimum atomic E-state index is -0.366. The van der Waals surface area contributed by atoms with Gasteiger partial charge in [0.1, 0.15) is 11.6 Å². The van der Waals surface area contributed by atoms with Crippen LogP contribution in [0.25, 0.3) is 11.1 Å². The number of ether oxygens (including phenoxy) is 1. The van der Waals surface area contributed by atoms with E-state index in [-0.39, 0.29) is 11.7 Å². The van der Waals surface area contributed by atoms with Gasteiger partial charge in [-0.3, -0.25) is 4.79 Å². The number of benzene rings is 2. The van der Waals surface area contributed by atoms with E-state index in [0.29, 0.717) is 28.6 Å². The van der Waals surface area contributed by atoms with Crippen LogP contribution in [0.3, 0.4) is 0 Å². The quantitative estimate of drug-likeness (QED) is 0.444. The molecule has 7 nitrogen and oxygen atoms in total. The summed E-state index contributed by atoms with van der Waals surface area (Å²) in [6, 6.07) is 12.6. The first-order chi connectivity index (χ1) is 17.0. The summed E-state index contributed by atoms with van der Waals surface area (Å²) in [5.41, 5.74) is 4.94. The van der Waals surface area contributed by atoms with E-state index in [1.54, 1.807) is 25.4 Å². The van der Waals surface area contributed by atoms with Crippen molar-refractivity contribution in [2.45, 2.75) is 25.8 Å². The molecule has 0 aliphatic carbocycles. The number of amides is 1. The number of halogens is 1. The number of rotatable bonds is 7. The Morgan fingerprint density at radius 3 is 2.77 bits per heavy atom. The number of fused-ring (bicyclic) bond motifs is 1. The second kappa shape index (κ2) is 10.0. The lowest BCUT2D eigenvalue weighted by molar-refractivity contribution is -0.110. The van der Waals surface area contributed by atoms with Crippen LogP contribution in [0, 0.1) is 12.7 Å². The van der Waals surface area contributed by atoms with E-state index in [0.717, 1.165) is 61.7 Å². The van der Waals surface area contributed by atoms with Crippen molar-refractivity contribution >= 4 is 28.4 Å². The van der Waals surface area contributed by atoms with Crippen molar-refractivity contribution in [3.05, 3.63) is 77.1 Å². The minimum Gasteiger partial charge on any atom is -0.383 e. The fraction of sp³-hybridized carbons (Fsp3) is 0.333. The summed E-state index contributed by atoms with van der Waals surface area (Å²) in [6.45, 7) is 5.64. The summed E-state index contributed by atoms with van der Waals surface area (Å²) < 4.78 is 19.4. The van der Waals surface area contributed by atoms with Crippen molar-refractivity contribution in [3.63, 3.8) is 0 Å². The molecule has 0 saturated carbocycles. The van der Waals surface area contributed by atoms with Crippen molar-refractivity contribution < 1.29 is 13.9 Å². The second-order valence-electron chi connectivity index (χ2n) is 9.12. The zero-order valence-electron chi connectivity index (χ0n) is 20.0. The Hall–Kier alpha value is -3.49. The van der Waals surface area contributed by atoms with Gasteiger partial charge < -0.3 is 25.3 Å². The van der Waals surface area contributed by atoms with Gasteiger partial charge in [-0.25, -0.2) is 9.37 Å². The van der Waals surface area contributed by atoms with Gasteiger partial charge in [0.05, 0.1) is 17.9 Å². The first-order valence-electron chi connectivity index (χ1n) is 12.0. The number of hydrogen-bond acceptors (Lipinski definition) is 5. The zero-order chi connectivity index (χ0) is 24.4. The lowest BCUT2D eigenvalue weighted by Gasteiger charge is -2.32. The number of aromatic amines is 1. The van der Waals surface area contributed by atoms with Gasteiger partial charge in [0.25, 0.3) is 5.91 Å². The van der Waals surface area contributed by atoms with E-state index < -0.39 is 0 Å². The number of methoxy groups -OCH3 is 1. The smallest absolute Gasteiger partial charge is 0.257 e. The maximum absolute atomic E-state index is 14.2. The number of nitrogens with one attached hydrogen (secondary N) is 3. The van der Waals surface area contributed by atoms with Crippen LogP contribution in [-0.2, 0) is 9.53 Å². The Bertz CT molecular complexity index is 1260. The topological polar surface area (TPSA) is 82.3 Å². The third-order valence-corrected chi connectivity index (χ3v) is 6.64. The molecule has 5 rings (SSSR count). The summed E-state index contributed by atoms with van der Waals surface area (Å²) in [6.07, 6.45) is 3.86. The largest absolute Gasteiger partial charge is 0.383 e. The van der Waals surface area contributed by atoms with Gasteiger partial charge in [-0.1, -0.05) is 12.1 Å². The van der Waals surface area contributed by atoms with E-state index in [4.69, 9.17) is 4.74 Å². The van der Waals surface area contributed by atoms with Crippen molar-refractivity contribution in [2.75, 3.05) is 44.0 Å². The molecule has 1 amide bonds. The maximum Gasteiger partial charge on any atom is 0.257 e. The van der Waals surface area contributed by atoms with E-state index in [1.807, 2.05) is 25.1 Å². The Labute approximate surface area is 204 Å². The third kappa shape index (κ3) is 4.99. The Balaban J connectivity index is 1.48. The molecular weight excluding hydrogens is 445 g/mol. The highest BCUT2D eigenvalue weighted by Crippen LogP contribution is 2.40. The first-order valence-corrected chi connectivity index (χ1v) is 12.0. The summed E-state index contributed by atoms with van der Waals surface area (Å²) in [5.74, 6) is -0.0559. The fourth-order valence-electron chi connectivity index (χ4n) is 4.85. The van der Waals surface area contributed by atoms with E-state index in [2.05, 4.69) is 25.5 Å². The molecule has 182 valence electrons. The van der Waals surface area contributed by atoms with Gasteiger partial charge in [-0.2, -0.15) is 0 Å². The van der Waals surface area contributed by atoms with Crippen LogP contribution in [0.5, 0.6) is 0 Å². The molecule has 0 spiro atoms. The summed E-state index contributed by atoms with van der Waals surface area (Å²) in [7, 11) is 1.73. The van der Waals surface area contributed by atoms with Crippen molar-refractivity contribution in [3.8, 4) is 0 Å². The molecule has 2 aliphatic rings. The van der Waals surface area contributed by atoms with Crippen molar-refractivity contribution in [2.24, 2.45) is 0 Å². The minimum absolute atomic E-state index is 0.225. The van der Waals surface area contributed by atoms with Crippen molar-refractivity contribution in [1.82, 2.24) is 14.9 Å². The van der Waals surface area contributed by atoms with Gasteiger partial charge in [0.15, 0.2) is 0 Å². The molecule has 3 N–H and O–H groups in total. The normalized spacial score (nSPS) is 17.9. The molecule has 1 fully saturated rings. The zero-order valence-corrected chi connectivity index (χ0v) is 20.0. The number of H-pyrrole nitrogens is 1. The predicted molar refractivity (Wildman–Crippen MR) is 136 cm³/mol. The number of hydrogen-bond donors (Lipinski definition) is 3. The Morgan fingerprint density at radius 1 is 1.23 bits per heavy atom. The summed E-state index contributed by atoms with van der Waals surface area (Å²) >= 11 is 0. The molecule has 0 unspecified atom stereocenters. The molecular formula is C27H30FN5O2. The van der Waals surface area contributed by atoms with Gasteiger partial charge >= 0.3 is 0 Å². The molecule has 2 aromatic carbocycles. The summed E-state index contributed by atoms with van der Waals surface area (Å²) in [4.78, 5) is 23.3. The van der Waals surface area contributed by atoms with Crippen LogP contribution in [0.2, 0.25) is 0 Å². The van der Waals surface area contributed by atoms with Gasteiger partial charge in [-0.05, 0) is 55.7 Å². The molecule has 35 heavy (non-hydrogen) atoms. The highest BCUT2D eigenvalue weighted by molar-refractivity contribution is 6.38. The van der Waals surface area contributed by atoms with Gasteiger partial charge in [0.2, 0.25) is 0 Å². The van der Waals surface area contributed by atoms with E-state index in [1.165, 1.54) is 12.1 Å². The predicted octanol–water partition coefficient (Wildman–Crippen LogP) is 4.29. The summed E-state index contributed by atoms with van der Waals surface area (Å²) in [5, 5.41) is 6.62. The molecule has 0 bridgehead atoms. The lowest BCUT2D eigenvalue weighted by Crippen LogP contribution is -2.40. The second-order valence-corrected chi connectivity index (χ2v) is 9.12. The molecule has 3 aromatic rings. The van der Waals surface area contributed by atoms with E-state index >= 15 is 0 Å². The van der Waals surface area contributed by atoms with Crippen LogP contribution >= 0.6 is 0 Å². The highest BCUT2D eigenvalue weighted by Gasteiger charge is 2.30. The number of likely N-dealkylation sites (tertiary alicyclic amines) is 1. The van der Waals surface area contributed by atoms with Crippen LogP contribution in [0.1, 0.15) is 35.5 Å². The van der Waals surface area contributed by atoms with Gasteiger partial charge in [0, 0.05) is 61.5 Å². The van der Waals surface area contributed by atoms with Crippen molar-refractivity contribution in [1.29, 1.82) is 0 Å². The molecule has 8 heteroatoms. The SMILES string of the molecule is COCCN1CCC(Nc2ccc3c(c2)C(=C(c2cccc(F)c2)c2nc(C)c[nH]2)C(=O)N3)CC1. The number of nitrogens with zero attached hydrogens (tertiary/aromatic N) is 2. The number of aromatic nitrogens is 2. The highest BCUT2D eigenvalue weighted by atomic mass is 19.1. The number of imidazole rings is 1. The van der Waals surface area contributed by atoms with Crippen LogP contribution in [0.4, 0.5) is 15.8 Å². The number of anilines is 2. The average Bonchev–Trinajstić information content (AvgIpc) is 3.42. The molecule has 0 atom stereocenters. The van der Waals surface area contributed by atoms with Crippen LogP contribution in [0.15, 0.2) is 48.7 Å². The molecule has 2 aliphatic heterocycles. The monoisotopic (exact) mass is 475 g/mol. The van der Waals surface area contributed by atoms with E-state index in [9.17, 15) is 9.18 Å². The Morgan fingerprint density at radius 2 is 2.06 bits per heavy atom. The average molecular weight is 476 g/mol. The molecule has 0 radical (unpaired) electrons. The number of aryl methyl sites for hydroxylation is 1. The van der Waals surface area contributed by atoms with Gasteiger partial charge in [-0.15, -0.1) is 0 Å². The Kier molecular flexibility index (Phi) is 6.66. The number of carbonyl (C=O) groups is 1. The standard InChI is InChI=1S/C27H30FN5O2/c1-17-16-29-26(30-17)24(18-4-3-5-19(28)14-18)25-22-15-21(6-7-23(22)32-27(25)34)31-20-8-10-33(11-9-20)12-13-35-2/h3-7,14-16,20,31H,8-13H2,1-2H3,(H,29,30)(H,32,34). The first kappa shape index (κ1) is 23.3. The van der Waals surface area contributed by atoms with Crippen LogP contribution in [-0.4, -0.2) is 60.2 Å². The molecule has 3 heterocycles. The third-order valence-electron chi connectivity index (χ3n) is 6.64. The lowest BCUT2D eigenvalue weighted by atomic mass is 9.94. The number of piperidine rings is 1. The molecule has 1 aromatic heterocycles. The van der Waals surface area contributed by atoms with Crippen LogP contribution < -0.4 is 10.6 Å².